The van der Waals surface area contributed by atoms with Crippen molar-refractivity contribution in [1.29, 1.82) is 0 Å². The van der Waals surface area contributed by atoms with Crippen LogP contribution in [0, 0.1) is 5.92 Å². The Kier molecular flexibility index (Phi) is 6.88. The van der Waals surface area contributed by atoms with Crippen molar-refractivity contribution in [2.45, 2.75) is 52.6 Å². The number of hydrogen-bond acceptors (Lipinski definition) is 2. The molecule has 0 heterocycles. The van der Waals surface area contributed by atoms with Crippen LogP contribution in [-0.4, -0.2) is 18.0 Å². The highest BCUT2D eigenvalue weighted by atomic mass is 32.1. The molecule has 0 rings (SSSR count). The molecule has 80 valence electrons. The molecule has 0 aliphatic carbocycles. The summed E-state index contributed by atoms with van der Waals surface area (Å²) in [5.41, 5.74) is 0.0562. The van der Waals surface area contributed by atoms with E-state index in [0.717, 1.165) is 31.1 Å². The number of ether oxygens (including phenoxy) is 1. The second-order valence-corrected chi connectivity index (χ2v) is 4.82. The van der Waals surface area contributed by atoms with Gasteiger partial charge in [-0.15, -0.1) is 0 Å². The van der Waals surface area contributed by atoms with Gasteiger partial charge in [0.05, 0.1) is 5.60 Å². The standard InChI is InChI=1S/C11H24OS/c1-5-11(3,4)12-8-6-10(2)7-9-13/h10,13H,5-9H2,1-4H3. The molecule has 0 aromatic heterocycles. The van der Waals surface area contributed by atoms with Crippen molar-refractivity contribution < 1.29 is 4.74 Å². The van der Waals surface area contributed by atoms with E-state index in [2.05, 4.69) is 40.3 Å². The van der Waals surface area contributed by atoms with Crippen molar-refractivity contribution in [2.24, 2.45) is 5.92 Å². The Bertz CT molecular complexity index is 123. The van der Waals surface area contributed by atoms with Crippen LogP contribution < -0.4 is 0 Å². The molecule has 0 aliphatic heterocycles. The molecule has 13 heavy (non-hydrogen) atoms. The van der Waals surface area contributed by atoms with Crippen molar-refractivity contribution in [1.82, 2.24) is 0 Å². The van der Waals surface area contributed by atoms with Gasteiger partial charge < -0.3 is 4.74 Å². The summed E-state index contributed by atoms with van der Waals surface area (Å²) in [5, 5.41) is 0. The normalized spacial score (nSPS) is 14.5. The minimum absolute atomic E-state index is 0.0562. The second kappa shape index (κ2) is 6.72. The Balaban J connectivity index is 3.44. The average molecular weight is 204 g/mol. The van der Waals surface area contributed by atoms with Crippen LogP contribution in [0.1, 0.15) is 47.0 Å². The SMILES string of the molecule is CCC(C)(C)OCCC(C)CCS. The minimum Gasteiger partial charge on any atom is -0.376 e. The fraction of sp³-hybridized carbons (Fsp3) is 1.00. The zero-order valence-electron chi connectivity index (χ0n) is 9.47. The van der Waals surface area contributed by atoms with E-state index in [1.165, 1.54) is 6.42 Å². The summed E-state index contributed by atoms with van der Waals surface area (Å²) in [7, 11) is 0. The first-order chi connectivity index (χ1) is 6.02. The number of thiol groups is 1. The predicted octanol–water partition coefficient (Wildman–Crippen LogP) is 3.54. The van der Waals surface area contributed by atoms with Crippen LogP contribution >= 0.6 is 12.6 Å². The Hall–Kier alpha value is 0.310. The van der Waals surface area contributed by atoms with Gasteiger partial charge in [-0.25, -0.2) is 0 Å². The first-order valence-electron chi connectivity index (χ1n) is 5.26. The van der Waals surface area contributed by atoms with Crippen LogP contribution in [0.4, 0.5) is 0 Å². The van der Waals surface area contributed by atoms with Crippen LogP contribution in [0.25, 0.3) is 0 Å². The monoisotopic (exact) mass is 204 g/mol. The minimum atomic E-state index is 0.0562. The van der Waals surface area contributed by atoms with Crippen LogP contribution in [0.5, 0.6) is 0 Å². The maximum atomic E-state index is 5.77. The average Bonchev–Trinajstić information content (AvgIpc) is 2.05. The summed E-state index contributed by atoms with van der Waals surface area (Å²) < 4.78 is 5.77. The Morgan fingerprint density at radius 3 is 2.38 bits per heavy atom. The van der Waals surface area contributed by atoms with Crippen LogP contribution in [0.2, 0.25) is 0 Å². The highest BCUT2D eigenvalue weighted by Gasteiger charge is 2.15. The molecular formula is C11H24OS. The third kappa shape index (κ3) is 7.39. The topological polar surface area (TPSA) is 9.23 Å². The first-order valence-corrected chi connectivity index (χ1v) is 5.90. The Morgan fingerprint density at radius 1 is 1.31 bits per heavy atom. The quantitative estimate of drug-likeness (QED) is 0.624. The zero-order chi connectivity index (χ0) is 10.3. The summed E-state index contributed by atoms with van der Waals surface area (Å²) in [5.74, 6) is 1.73. The molecule has 0 aromatic rings. The van der Waals surface area contributed by atoms with Crippen LogP contribution in [-0.2, 0) is 4.74 Å². The summed E-state index contributed by atoms with van der Waals surface area (Å²) in [6, 6.07) is 0. The van der Waals surface area contributed by atoms with E-state index in [-0.39, 0.29) is 5.60 Å². The molecular weight excluding hydrogens is 180 g/mol. The van der Waals surface area contributed by atoms with E-state index >= 15 is 0 Å². The highest BCUT2D eigenvalue weighted by Crippen LogP contribution is 2.16. The lowest BCUT2D eigenvalue weighted by molar-refractivity contribution is -0.0251. The van der Waals surface area contributed by atoms with Gasteiger partial charge in [0.15, 0.2) is 0 Å². The third-order valence-electron chi connectivity index (χ3n) is 2.58. The molecule has 2 heteroatoms. The molecule has 1 unspecified atom stereocenters. The van der Waals surface area contributed by atoms with Gasteiger partial charge in [0.2, 0.25) is 0 Å². The molecule has 0 saturated carbocycles. The van der Waals surface area contributed by atoms with E-state index in [0.29, 0.717) is 0 Å². The van der Waals surface area contributed by atoms with Crippen molar-refractivity contribution >= 4 is 12.6 Å². The van der Waals surface area contributed by atoms with Gasteiger partial charge in [-0.2, -0.15) is 12.6 Å². The highest BCUT2D eigenvalue weighted by molar-refractivity contribution is 7.80. The lowest BCUT2D eigenvalue weighted by Gasteiger charge is -2.24. The van der Waals surface area contributed by atoms with E-state index in [4.69, 9.17) is 4.74 Å². The summed E-state index contributed by atoms with van der Waals surface area (Å²) in [4.78, 5) is 0. The van der Waals surface area contributed by atoms with Gasteiger partial charge in [0.1, 0.15) is 0 Å². The smallest absolute Gasteiger partial charge is 0.0623 e. The molecule has 0 fully saturated rings. The fourth-order valence-corrected chi connectivity index (χ4v) is 1.44. The van der Waals surface area contributed by atoms with E-state index in [1.807, 2.05) is 0 Å². The first kappa shape index (κ1) is 13.3. The van der Waals surface area contributed by atoms with Gasteiger partial charge in [0.25, 0.3) is 0 Å². The lowest BCUT2D eigenvalue weighted by atomic mass is 10.0. The predicted molar refractivity (Wildman–Crippen MR) is 62.6 cm³/mol. The van der Waals surface area contributed by atoms with Crippen LogP contribution in [0.3, 0.4) is 0 Å². The van der Waals surface area contributed by atoms with Gasteiger partial charge in [0, 0.05) is 6.61 Å². The maximum absolute atomic E-state index is 5.77. The summed E-state index contributed by atoms with van der Waals surface area (Å²) in [6.45, 7) is 9.61. The fourth-order valence-electron chi connectivity index (χ4n) is 1.00. The molecule has 0 spiro atoms. The van der Waals surface area contributed by atoms with Crippen molar-refractivity contribution in [3.05, 3.63) is 0 Å². The van der Waals surface area contributed by atoms with Gasteiger partial charge in [-0.05, 0) is 44.8 Å². The molecule has 0 aliphatic rings. The molecule has 1 atom stereocenters. The second-order valence-electron chi connectivity index (χ2n) is 4.37. The molecule has 0 aromatic carbocycles. The van der Waals surface area contributed by atoms with Crippen LogP contribution in [0.15, 0.2) is 0 Å². The third-order valence-corrected chi connectivity index (χ3v) is 2.83. The lowest BCUT2D eigenvalue weighted by Crippen LogP contribution is -2.24. The van der Waals surface area contributed by atoms with Gasteiger partial charge >= 0.3 is 0 Å². The molecule has 0 radical (unpaired) electrons. The van der Waals surface area contributed by atoms with Gasteiger partial charge in [-0.1, -0.05) is 13.8 Å². The van der Waals surface area contributed by atoms with E-state index in [1.54, 1.807) is 0 Å². The number of rotatable bonds is 7. The summed E-state index contributed by atoms with van der Waals surface area (Å²) >= 11 is 4.22. The van der Waals surface area contributed by atoms with Crippen molar-refractivity contribution in [2.75, 3.05) is 12.4 Å². The van der Waals surface area contributed by atoms with Crippen molar-refractivity contribution in [3.63, 3.8) is 0 Å². The van der Waals surface area contributed by atoms with E-state index < -0.39 is 0 Å². The summed E-state index contributed by atoms with van der Waals surface area (Å²) in [6.07, 6.45) is 3.43. The largest absolute Gasteiger partial charge is 0.376 e. The van der Waals surface area contributed by atoms with Crippen molar-refractivity contribution in [3.8, 4) is 0 Å². The molecule has 1 nitrogen and oxygen atoms in total. The van der Waals surface area contributed by atoms with E-state index in [9.17, 15) is 0 Å². The zero-order valence-corrected chi connectivity index (χ0v) is 10.4. The van der Waals surface area contributed by atoms with Gasteiger partial charge in [-0.3, -0.25) is 0 Å². The molecule has 0 bridgehead atoms. The Labute approximate surface area is 88.7 Å². The maximum Gasteiger partial charge on any atom is 0.0623 e. The molecule has 0 amide bonds. The molecule has 0 N–H and O–H groups in total. The number of hydrogen-bond donors (Lipinski definition) is 1. The molecule has 0 saturated heterocycles. The Morgan fingerprint density at radius 2 is 1.92 bits per heavy atom.